The number of nitrogen functional groups attached to an aromatic ring is 1. The van der Waals surface area contributed by atoms with Crippen LogP contribution in [0.4, 0.5) is 10.3 Å². The summed E-state index contributed by atoms with van der Waals surface area (Å²) in [5.74, 6) is 0.00231. The molecule has 6 heteroatoms. The van der Waals surface area contributed by atoms with Gasteiger partial charge < -0.3 is 5.73 Å². The van der Waals surface area contributed by atoms with Crippen LogP contribution in [-0.2, 0) is 0 Å². The highest BCUT2D eigenvalue weighted by atomic mass is 79.9. The smallest absolute Gasteiger partial charge is 0.207 e. The normalized spacial score (nSPS) is 11.1. The molecule has 0 unspecified atom stereocenters. The maximum absolute atomic E-state index is 13.3. The first-order chi connectivity index (χ1) is 9.06. The van der Waals surface area contributed by atoms with Crippen LogP contribution in [0.15, 0.2) is 34.8 Å². The fraction of sp³-hybridized carbons (Fsp3) is 0.0769. The van der Waals surface area contributed by atoms with Gasteiger partial charge in [0, 0.05) is 5.69 Å². The molecule has 0 saturated heterocycles. The number of nitrogens with zero attached hydrogens (tertiary/aromatic N) is 3. The highest BCUT2D eigenvalue weighted by Crippen LogP contribution is 2.25. The number of anilines is 1. The molecule has 3 rings (SSSR count). The predicted molar refractivity (Wildman–Crippen MR) is 75.7 cm³/mol. The van der Waals surface area contributed by atoms with Gasteiger partial charge >= 0.3 is 0 Å². The lowest BCUT2D eigenvalue weighted by Gasteiger charge is -2.07. The van der Waals surface area contributed by atoms with Crippen molar-refractivity contribution in [2.75, 3.05) is 5.73 Å². The quantitative estimate of drug-likeness (QED) is 0.749. The first-order valence-corrected chi connectivity index (χ1v) is 6.42. The van der Waals surface area contributed by atoms with Gasteiger partial charge in [-0.2, -0.15) is 0 Å². The van der Waals surface area contributed by atoms with E-state index in [1.807, 2.05) is 19.1 Å². The molecule has 0 spiro atoms. The van der Waals surface area contributed by atoms with Crippen LogP contribution in [-0.4, -0.2) is 14.5 Å². The van der Waals surface area contributed by atoms with Gasteiger partial charge in [0.25, 0.3) is 0 Å². The van der Waals surface area contributed by atoms with E-state index in [2.05, 4.69) is 25.9 Å². The molecule has 0 amide bonds. The largest absolute Gasteiger partial charge is 0.369 e. The van der Waals surface area contributed by atoms with Gasteiger partial charge in [0.05, 0.1) is 10.2 Å². The Balaban J connectivity index is 2.31. The number of rotatable bonds is 1. The van der Waals surface area contributed by atoms with Gasteiger partial charge in [-0.25, -0.2) is 14.4 Å². The Hall–Kier alpha value is -1.95. The maximum Gasteiger partial charge on any atom is 0.207 e. The van der Waals surface area contributed by atoms with Crippen molar-refractivity contribution >= 4 is 33.0 Å². The van der Waals surface area contributed by atoms with Crippen LogP contribution in [0.5, 0.6) is 0 Å². The number of aromatic nitrogens is 3. The van der Waals surface area contributed by atoms with E-state index < -0.39 is 0 Å². The Morgan fingerprint density at radius 1 is 1.21 bits per heavy atom. The summed E-state index contributed by atoms with van der Waals surface area (Å²) in [4.78, 5) is 8.69. The van der Waals surface area contributed by atoms with Gasteiger partial charge in [-0.1, -0.05) is 0 Å². The fourth-order valence-corrected chi connectivity index (χ4v) is 2.31. The third kappa shape index (κ3) is 1.98. The molecule has 2 aromatic heterocycles. The van der Waals surface area contributed by atoms with Crippen molar-refractivity contribution < 1.29 is 4.39 Å². The average Bonchev–Trinajstić information content (AvgIpc) is 2.68. The summed E-state index contributed by atoms with van der Waals surface area (Å²) in [6, 6.07) is 8.40. The Morgan fingerprint density at radius 2 is 2.00 bits per heavy atom. The second kappa shape index (κ2) is 4.31. The summed E-state index contributed by atoms with van der Waals surface area (Å²) in [5.41, 5.74) is 8.89. The first kappa shape index (κ1) is 12.1. The van der Waals surface area contributed by atoms with Crippen molar-refractivity contribution in [2.45, 2.75) is 6.92 Å². The van der Waals surface area contributed by atoms with Gasteiger partial charge in [0.2, 0.25) is 5.95 Å². The number of aryl methyl sites for hydroxylation is 1. The van der Waals surface area contributed by atoms with E-state index in [1.54, 1.807) is 16.7 Å². The van der Waals surface area contributed by atoms with Crippen molar-refractivity contribution in [1.82, 2.24) is 14.5 Å². The molecule has 4 nitrogen and oxygen atoms in total. The van der Waals surface area contributed by atoms with Gasteiger partial charge in [0.1, 0.15) is 11.3 Å². The Bertz CT molecular complexity index is 782. The van der Waals surface area contributed by atoms with Crippen LogP contribution >= 0.6 is 15.9 Å². The molecule has 0 fully saturated rings. The average molecular weight is 321 g/mol. The fourth-order valence-electron chi connectivity index (χ4n) is 1.95. The minimum Gasteiger partial charge on any atom is -0.369 e. The summed E-state index contributed by atoms with van der Waals surface area (Å²) >= 11 is 3.16. The number of imidazole rings is 1. The summed E-state index contributed by atoms with van der Waals surface area (Å²) in [6.45, 7) is 1.90. The van der Waals surface area contributed by atoms with E-state index in [0.717, 1.165) is 5.69 Å². The Kier molecular flexibility index (Phi) is 2.74. The van der Waals surface area contributed by atoms with Crippen molar-refractivity contribution in [3.63, 3.8) is 0 Å². The number of fused-ring (bicyclic) bond motifs is 1. The third-order valence-corrected chi connectivity index (χ3v) is 3.44. The number of benzene rings is 1. The minimum absolute atomic E-state index is 0.323. The zero-order valence-electron chi connectivity index (χ0n) is 10.1. The second-order valence-electron chi connectivity index (χ2n) is 4.20. The van der Waals surface area contributed by atoms with Gasteiger partial charge in [-0.3, -0.25) is 4.57 Å². The molecule has 0 atom stereocenters. The van der Waals surface area contributed by atoms with E-state index in [4.69, 9.17) is 5.73 Å². The molecular formula is C13H10BrFN4. The van der Waals surface area contributed by atoms with Crippen LogP contribution in [0, 0.1) is 12.7 Å². The van der Waals surface area contributed by atoms with E-state index in [9.17, 15) is 4.39 Å². The molecule has 0 saturated carbocycles. The SMILES string of the molecule is Cc1ccc2nc(N)n(-c3ccc(F)c(Br)c3)c2n1. The van der Waals surface area contributed by atoms with E-state index in [0.29, 0.717) is 27.3 Å². The highest BCUT2D eigenvalue weighted by Gasteiger charge is 2.12. The monoisotopic (exact) mass is 320 g/mol. The number of pyridine rings is 1. The lowest BCUT2D eigenvalue weighted by Crippen LogP contribution is -2.02. The van der Waals surface area contributed by atoms with Crippen molar-refractivity contribution in [2.24, 2.45) is 0 Å². The Morgan fingerprint density at radius 3 is 2.74 bits per heavy atom. The number of hydrogen-bond donors (Lipinski definition) is 1. The molecule has 2 N–H and O–H groups in total. The second-order valence-corrected chi connectivity index (χ2v) is 5.05. The van der Waals surface area contributed by atoms with Crippen LogP contribution in [0.3, 0.4) is 0 Å². The predicted octanol–water partition coefficient (Wildman–Crippen LogP) is 3.21. The molecule has 0 bridgehead atoms. The third-order valence-electron chi connectivity index (χ3n) is 2.83. The topological polar surface area (TPSA) is 56.7 Å². The first-order valence-electron chi connectivity index (χ1n) is 5.63. The maximum atomic E-state index is 13.3. The summed E-state index contributed by atoms with van der Waals surface area (Å²) in [6.07, 6.45) is 0. The molecule has 0 aliphatic rings. The lowest BCUT2D eigenvalue weighted by atomic mass is 10.3. The summed E-state index contributed by atoms with van der Waals surface area (Å²) < 4.78 is 15.4. The highest BCUT2D eigenvalue weighted by molar-refractivity contribution is 9.10. The molecule has 0 aliphatic heterocycles. The zero-order chi connectivity index (χ0) is 13.6. The molecule has 0 aliphatic carbocycles. The molecule has 19 heavy (non-hydrogen) atoms. The molecule has 3 aromatic rings. The van der Waals surface area contributed by atoms with Crippen molar-refractivity contribution in [1.29, 1.82) is 0 Å². The molecular weight excluding hydrogens is 311 g/mol. The van der Waals surface area contributed by atoms with Crippen LogP contribution in [0.1, 0.15) is 5.69 Å². The van der Waals surface area contributed by atoms with Crippen LogP contribution < -0.4 is 5.73 Å². The van der Waals surface area contributed by atoms with E-state index in [1.165, 1.54) is 6.07 Å². The molecule has 1 aromatic carbocycles. The minimum atomic E-state index is -0.323. The van der Waals surface area contributed by atoms with Gasteiger partial charge in [0.15, 0.2) is 5.65 Å². The lowest BCUT2D eigenvalue weighted by molar-refractivity contribution is 0.620. The zero-order valence-corrected chi connectivity index (χ0v) is 11.6. The van der Waals surface area contributed by atoms with Gasteiger partial charge in [-0.15, -0.1) is 0 Å². The van der Waals surface area contributed by atoms with E-state index in [-0.39, 0.29) is 5.82 Å². The van der Waals surface area contributed by atoms with Crippen LogP contribution in [0.25, 0.3) is 16.9 Å². The van der Waals surface area contributed by atoms with Gasteiger partial charge in [-0.05, 0) is 53.2 Å². The molecule has 96 valence electrons. The molecule has 2 heterocycles. The summed E-state index contributed by atoms with van der Waals surface area (Å²) in [5, 5.41) is 0. The number of halogens is 2. The van der Waals surface area contributed by atoms with Crippen molar-refractivity contribution in [3.05, 3.63) is 46.3 Å². The number of nitrogens with two attached hydrogens (primary N) is 1. The number of hydrogen-bond acceptors (Lipinski definition) is 3. The van der Waals surface area contributed by atoms with Crippen molar-refractivity contribution in [3.8, 4) is 5.69 Å². The van der Waals surface area contributed by atoms with E-state index >= 15 is 0 Å². The summed E-state index contributed by atoms with van der Waals surface area (Å²) in [7, 11) is 0. The van der Waals surface area contributed by atoms with Crippen LogP contribution in [0.2, 0.25) is 0 Å². The Labute approximate surface area is 117 Å². The standard InChI is InChI=1S/C13H10BrFN4/c1-7-2-5-11-12(17-7)19(13(16)18-11)8-3-4-10(15)9(14)6-8/h2-6H,1H3,(H2,16,18). The molecule has 0 radical (unpaired) electrons.